The van der Waals surface area contributed by atoms with Crippen molar-refractivity contribution in [2.75, 3.05) is 0 Å². The molecule has 1 fully saturated rings. The number of aliphatic imine (C=N–C) groups is 1. The molecule has 4 aliphatic rings. The van der Waals surface area contributed by atoms with E-state index in [4.69, 9.17) is 9.73 Å². The quantitative estimate of drug-likeness (QED) is 0.157. The maximum absolute atomic E-state index is 7.01. The van der Waals surface area contributed by atoms with Gasteiger partial charge in [0.2, 0.25) is 0 Å². The largest absolute Gasteiger partial charge is 0.456 e. The number of rotatable bonds is 6. The Morgan fingerprint density at radius 2 is 0.871 bits per heavy atom. The number of ether oxygens (including phenoxy) is 1. The molecule has 0 saturated carbocycles. The Morgan fingerprint density at radius 1 is 0.371 bits per heavy atom. The molecule has 13 rings (SSSR count). The normalized spacial score (nSPS) is 19.3. The van der Waals surface area contributed by atoms with Crippen LogP contribution in [0.15, 0.2) is 229 Å². The average molecular weight is 793 g/mol. The van der Waals surface area contributed by atoms with Crippen molar-refractivity contribution in [1.29, 1.82) is 0 Å². The second-order valence-corrected chi connectivity index (χ2v) is 16.9. The van der Waals surface area contributed by atoms with Gasteiger partial charge in [-0.25, -0.2) is 0 Å². The van der Waals surface area contributed by atoms with E-state index in [9.17, 15) is 0 Å². The van der Waals surface area contributed by atoms with Gasteiger partial charge >= 0.3 is 0 Å². The fourth-order valence-corrected chi connectivity index (χ4v) is 10.9. The third kappa shape index (κ3) is 5.19. The predicted octanol–water partition coefficient (Wildman–Crippen LogP) is 14.1. The second-order valence-electron chi connectivity index (χ2n) is 16.9. The van der Waals surface area contributed by atoms with Crippen LogP contribution in [0.2, 0.25) is 0 Å². The SMILES string of the molecule is c1ccc(-c2cccc(C3N=C(c4ccc(-c5cccc6c5Oc5ccccc5C65c6ccccc6-c6ccccc65)cc4)C4C(c5cccc(-c6ccccc6)c5)N34)c2)cc1. The van der Waals surface area contributed by atoms with Crippen molar-refractivity contribution in [1.82, 2.24) is 4.90 Å². The second kappa shape index (κ2) is 13.7. The van der Waals surface area contributed by atoms with Crippen LogP contribution in [0.4, 0.5) is 0 Å². The van der Waals surface area contributed by atoms with Gasteiger partial charge in [-0.1, -0.05) is 206 Å². The summed E-state index contributed by atoms with van der Waals surface area (Å²) in [5, 5.41) is 0. The van der Waals surface area contributed by atoms with Gasteiger partial charge in [-0.15, -0.1) is 0 Å². The van der Waals surface area contributed by atoms with Crippen molar-refractivity contribution in [2.24, 2.45) is 4.99 Å². The highest BCUT2D eigenvalue weighted by Gasteiger charge is 2.59. The molecule has 4 atom stereocenters. The highest BCUT2D eigenvalue weighted by molar-refractivity contribution is 6.09. The summed E-state index contributed by atoms with van der Waals surface area (Å²) in [4.78, 5) is 8.15. The third-order valence-corrected chi connectivity index (χ3v) is 13.7. The molecule has 1 spiro atoms. The maximum Gasteiger partial charge on any atom is 0.140 e. The molecule has 9 aromatic carbocycles. The molecule has 0 N–H and O–H groups in total. The minimum absolute atomic E-state index is 0.0910. The van der Waals surface area contributed by atoms with Crippen LogP contribution in [0.3, 0.4) is 0 Å². The fraction of sp³-hybridized carbons (Fsp3) is 0.0678. The Kier molecular flexibility index (Phi) is 7.79. The zero-order valence-corrected chi connectivity index (χ0v) is 33.9. The van der Waals surface area contributed by atoms with Crippen molar-refractivity contribution in [3.8, 4) is 56.0 Å². The van der Waals surface area contributed by atoms with E-state index >= 15 is 0 Å². The fourth-order valence-electron chi connectivity index (χ4n) is 10.9. The Hall–Kier alpha value is -7.59. The molecule has 62 heavy (non-hydrogen) atoms. The van der Waals surface area contributed by atoms with Crippen molar-refractivity contribution >= 4 is 5.71 Å². The van der Waals surface area contributed by atoms with Gasteiger partial charge < -0.3 is 4.74 Å². The van der Waals surface area contributed by atoms with Gasteiger partial charge in [0.15, 0.2) is 0 Å². The lowest BCUT2D eigenvalue weighted by atomic mass is 9.65. The van der Waals surface area contributed by atoms with Gasteiger partial charge in [0, 0.05) is 16.7 Å². The smallest absolute Gasteiger partial charge is 0.140 e. The lowest BCUT2D eigenvalue weighted by Gasteiger charge is -2.40. The summed E-state index contributed by atoms with van der Waals surface area (Å²) >= 11 is 0. The minimum atomic E-state index is -0.499. The summed E-state index contributed by atoms with van der Waals surface area (Å²) in [6.07, 6.45) is -0.0910. The standard InChI is InChI=1S/C59H40N2O/c1-3-16-38(17-4-1)42-20-13-22-44(36-42)55-56-54(60-58(61(55)56)45-23-14-21-43(37-45)39-18-5-2-6-19-39)41-34-32-40(33-35-41)46-26-15-30-52-57(46)62-53-31-12-11-29-51(53)59(52)49-27-9-7-24-47(49)48-25-8-10-28-50(48)59/h1-37,55-56,58H. The van der Waals surface area contributed by atoms with E-state index in [2.05, 4.69) is 229 Å². The van der Waals surface area contributed by atoms with Gasteiger partial charge in [-0.2, -0.15) is 0 Å². The van der Waals surface area contributed by atoms with Crippen molar-refractivity contribution < 1.29 is 4.74 Å². The van der Waals surface area contributed by atoms with Crippen LogP contribution in [-0.4, -0.2) is 16.7 Å². The summed E-state index contributed by atoms with van der Waals surface area (Å²) in [6, 6.07) is 82.0. The van der Waals surface area contributed by atoms with Crippen LogP contribution < -0.4 is 4.74 Å². The molecule has 3 aliphatic heterocycles. The first-order chi connectivity index (χ1) is 30.8. The predicted molar refractivity (Wildman–Crippen MR) is 251 cm³/mol. The van der Waals surface area contributed by atoms with Gasteiger partial charge in [-0.05, 0) is 85.0 Å². The molecule has 0 bridgehead atoms. The third-order valence-electron chi connectivity index (χ3n) is 13.7. The summed E-state index contributed by atoms with van der Waals surface area (Å²) in [6.45, 7) is 0. The minimum Gasteiger partial charge on any atom is -0.456 e. The van der Waals surface area contributed by atoms with E-state index in [1.807, 2.05) is 0 Å². The number of hydrogen-bond donors (Lipinski definition) is 0. The highest BCUT2D eigenvalue weighted by Crippen LogP contribution is 2.63. The molecule has 3 heteroatoms. The molecule has 292 valence electrons. The zero-order chi connectivity index (χ0) is 40.8. The van der Waals surface area contributed by atoms with Crippen LogP contribution >= 0.6 is 0 Å². The highest BCUT2D eigenvalue weighted by atomic mass is 16.5. The lowest BCUT2D eigenvalue weighted by molar-refractivity contribution is 0.404. The van der Waals surface area contributed by atoms with Crippen molar-refractivity contribution in [3.63, 3.8) is 0 Å². The topological polar surface area (TPSA) is 24.6 Å². The van der Waals surface area contributed by atoms with E-state index in [0.717, 1.165) is 33.9 Å². The van der Waals surface area contributed by atoms with E-state index in [0.29, 0.717) is 0 Å². The molecular weight excluding hydrogens is 753 g/mol. The number of para-hydroxylation sites is 2. The van der Waals surface area contributed by atoms with Crippen LogP contribution in [0.1, 0.15) is 51.2 Å². The Morgan fingerprint density at radius 3 is 1.55 bits per heavy atom. The molecule has 9 aromatic rings. The van der Waals surface area contributed by atoms with Crippen LogP contribution in [0, 0.1) is 0 Å². The summed E-state index contributed by atoms with van der Waals surface area (Å²) in [7, 11) is 0. The molecule has 0 aromatic heterocycles. The van der Waals surface area contributed by atoms with Gasteiger partial charge in [0.25, 0.3) is 0 Å². The van der Waals surface area contributed by atoms with E-state index in [1.54, 1.807) is 0 Å². The Balaban J connectivity index is 0.910. The van der Waals surface area contributed by atoms with Crippen LogP contribution in [-0.2, 0) is 5.41 Å². The van der Waals surface area contributed by atoms with Crippen molar-refractivity contribution in [2.45, 2.75) is 23.7 Å². The number of hydrogen-bond acceptors (Lipinski definition) is 3. The van der Waals surface area contributed by atoms with E-state index in [1.165, 1.54) is 66.8 Å². The maximum atomic E-state index is 7.01. The molecule has 1 aliphatic carbocycles. The first kappa shape index (κ1) is 35.2. The molecule has 4 unspecified atom stereocenters. The lowest BCUT2D eigenvalue weighted by Crippen LogP contribution is -2.32. The van der Waals surface area contributed by atoms with Gasteiger partial charge in [-0.3, -0.25) is 9.89 Å². The first-order valence-corrected chi connectivity index (χ1v) is 21.6. The monoisotopic (exact) mass is 792 g/mol. The molecular formula is C59H40N2O. The van der Waals surface area contributed by atoms with Crippen LogP contribution in [0.5, 0.6) is 11.5 Å². The number of fused-ring (bicyclic) bond motifs is 10. The zero-order valence-electron chi connectivity index (χ0n) is 33.9. The number of nitrogens with zero attached hydrogens (tertiary/aromatic N) is 2. The first-order valence-electron chi connectivity index (χ1n) is 21.6. The Bertz CT molecular complexity index is 3200. The molecule has 0 radical (unpaired) electrons. The van der Waals surface area contributed by atoms with Crippen LogP contribution in [0.25, 0.3) is 44.5 Å². The summed E-state index contributed by atoms with van der Waals surface area (Å²) < 4.78 is 7.01. The average Bonchev–Trinajstić information content (AvgIpc) is 3.85. The van der Waals surface area contributed by atoms with E-state index in [-0.39, 0.29) is 18.2 Å². The molecule has 1 saturated heterocycles. The number of benzene rings is 9. The molecule has 3 heterocycles. The Labute approximate surface area is 361 Å². The van der Waals surface area contributed by atoms with E-state index < -0.39 is 5.41 Å². The molecule has 0 amide bonds. The summed E-state index contributed by atoms with van der Waals surface area (Å²) in [5.41, 5.74) is 18.9. The summed E-state index contributed by atoms with van der Waals surface area (Å²) in [5.74, 6) is 1.81. The van der Waals surface area contributed by atoms with Gasteiger partial charge in [0.1, 0.15) is 17.7 Å². The van der Waals surface area contributed by atoms with Crippen molar-refractivity contribution in [3.05, 3.63) is 263 Å². The van der Waals surface area contributed by atoms with Gasteiger partial charge in [0.05, 0.1) is 23.2 Å². The molecule has 3 nitrogen and oxygen atoms in total.